The Morgan fingerprint density at radius 2 is 1.68 bits per heavy atom. The molecule has 0 spiro atoms. The second kappa shape index (κ2) is 5.90. The molecule has 2 heterocycles. The van der Waals surface area contributed by atoms with E-state index in [2.05, 4.69) is 19.9 Å². The molecule has 0 bridgehead atoms. The summed E-state index contributed by atoms with van der Waals surface area (Å²) in [6.07, 6.45) is 3.23. The predicted molar refractivity (Wildman–Crippen MR) is 95.1 cm³/mol. The molecule has 122 valence electrons. The molecule has 0 aliphatic rings. The number of nitrogens with zero attached hydrogens (tertiary/aromatic N) is 4. The highest BCUT2D eigenvalue weighted by Crippen LogP contribution is 2.32. The summed E-state index contributed by atoms with van der Waals surface area (Å²) in [7, 11) is 0. The van der Waals surface area contributed by atoms with Crippen LogP contribution in [0.25, 0.3) is 33.3 Å². The van der Waals surface area contributed by atoms with Crippen molar-refractivity contribution < 1.29 is 4.39 Å². The van der Waals surface area contributed by atoms with Gasteiger partial charge in [-0.05, 0) is 48.9 Å². The van der Waals surface area contributed by atoms with Gasteiger partial charge in [0.05, 0.1) is 11.2 Å². The first-order valence-corrected chi connectivity index (χ1v) is 7.72. The zero-order valence-electron chi connectivity index (χ0n) is 13.4. The Hall–Kier alpha value is -3.41. The van der Waals surface area contributed by atoms with Crippen LogP contribution in [0.4, 0.5) is 10.3 Å². The molecule has 2 aromatic carbocycles. The highest BCUT2D eigenvalue weighted by Gasteiger charge is 2.12. The predicted octanol–water partition coefficient (Wildman–Crippen LogP) is 3.78. The summed E-state index contributed by atoms with van der Waals surface area (Å²) in [5, 5.41) is 0.960. The maximum atomic E-state index is 13.3. The number of nitrogen functional groups attached to an aromatic ring is 1. The Kier molecular flexibility index (Phi) is 3.57. The van der Waals surface area contributed by atoms with Crippen LogP contribution in [-0.4, -0.2) is 19.9 Å². The lowest BCUT2D eigenvalue weighted by atomic mass is 9.99. The fraction of sp³-hybridized carbons (Fsp3) is 0.0526. The fourth-order valence-electron chi connectivity index (χ4n) is 2.79. The maximum absolute atomic E-state index is 13.3. The van der Waals surface area contributed by atoms with Crippen LogP contribution in [0.1, 0.15) is 5.69 Å². The van der Waals surface area contributed by atoms with Gasteiger partial charge in [0, 0.05) is 28.4 Å². The normalized spacial score (nSPS) is 11.0. The molecule has 0 aliphatic carbocycles. The van der Waals surface area contributed by atoms with Crippen LogP contribution in [0.2, 0.25) is 0 Å². The van der Waals surface area contributed by atoms with E-state index in [-0.39, 0.29) is 11.8 Å². The Morgan fingerprint density at radius 3 is 2.48 bits per heavy atom. The van der Waals surface area contributed by atoms with Crippen LogP contribution < -0.4 is 5.73 Å². The second-order valence-electron chi connectivity index (χ2n) is 5.69. The summed E-state index contributed by atoms with van der Waals surface area (Å²) >= 11 is 0. The Morgan fingerprint density at radius 1 is 0.920 bits per heavy atom. The first-order valence-electron chi connectivity index (χ1n) is 7.72. The van der Waals surface area contributed by atoms with E-state index in [1.54, 1.807) is 24.7 Å². The van der Waals surface area contributed by atoms with Crippen molar-refractivity contribution in [3.63, 3.8) is 0 Å². The average Bonchev–Trinajstić information content (AvgIpc) is 2.62. The smallest absolute Gasteiger partial charge is 0.220 e. The first kappa shape index (κ1) is 15.1. The van der Waals surface area contributed by atoms with E-state index in [1.165, 1.54) is 12.1 Å². The molecular weight excluding hydrogens is 317 g/mol. The van der Waals surface area contributed by atoms with E-state index >= 15 is 0 Å². The molecule has 0 aliphatic heterocycles. The Labute approximate surface area is 143 Å². The Balaban J connectivity index is 1.94. The average molecular weight is 331 g/mol. The molecule has 2 aromatic heterocycles. The van der Waals surface area contributed by atoms with Gasteiger partial charge in [-0.15, -0.1) is 0 Å². The molecule has 0 saturated carbocycles. The van der Waals surface area contributed by atoms with Crippen molar-refractivity contribution in [3.8, 4) is 22.4 Å². The number of rotatable bonds is 2. The van der Waals surface area contributed by atoms with Crippen molar-refractivity contribution in [3.05, 3.63) is 66.5 Å². The minimum Gasteiger partial charge on any atom is -0.368 e. The van der Waals surface area contributed by atoms with Crippen LogP contribution in [-0.2, 0) is 0 Å². The number of aryl methyl sites for hydroxylation is 1. The molecule has 6 heteroatoms. The third-order valence-corrected chi connectivity index (χ3v) is 4.07. The van der Waals surface area contributed by atoms with Crippen LogP contribution in [0.15, 0.2) is 55.0 Å². The van der Waals surface area contributed by atoms with Crippen molar-refractivity contribution in [2.75, 3.05) is 5.73 Å². The second-order valence-corrected chi connectivity index (χ2v) is 5.69. The van der Waals surface area contributed by atoms with Gasteiger partial charge in [0.15, 0.2) is 0 Å². The lowest BCUT2D eigenvalue weighted by Crippen LogP contribution is -1.99. The van der Waals surface area contributed by atoms with Gasteiger partial charge in [0.2, 0.25) is 5.95 Å². The molecule has 4 rings (SSSR count). The van der Waals surface area contributed by atoms with Gasteiger partial charge >= 0.3 is 0 Å². The number of anilines is 1. The van der Waals surface area contributed by atoms with Crippen LogP contribution in [0, 0.1) is 12.7 Å². The summed E-state index contributed by atoms with van der Waals surface area (Å²) in [6.45, 7) is 1.94. The lowest BCUT2D eigenvalue weighted by Gasteiger charge is -2.11. The number of benzene rings is 2. The highest BCUT2D eigenvalue weighted by atomic mass is 19.1. The molecule has 2 N–H and O–H groups in total. The summed E-state index contributed by atoms with van der Waals surface area (Å²) < 4.78 is 13.3. The number of halogens is 1. The standard InChI is InChI=1S/C19H14FN5/c1-11-15-8-13(4-7-17(15)24-10-23-11)16-9-22-19(21)25-18(16)12-2-5-14(20)6-3-12/h2-10H,1H3,(H2,21,22,25). The van der Waals surface area contributed by atoms with Crippen molar-refractivity contribution in [1.82, 2.24) is 19.9 Å². The summed E-state index contributed by atoms with van der Waals surface area (Å²) in [5.41, 5.74) is 10.7. The van der Waals surface area contributed by atoms with E-state index in [0.29, 0.717) is 5.69 Å². The molecule has 0 radical (unpaired) electrons. The van der Waals surface area contributed by atoms with Crippen molar-refractivity contribution in [2.45, 2.75) is 6.92 Å². The van der Waals surface area contributed by atoms with Gasteiger partial charge in [-0.3, -0.25) is 0 Å². The quantitative estimate of drug-likeness (QED) is 0.605. The van der Waals surface area contributed by atoms with E-state index in [0.717, 1.165) is 33.3 Å². The molecule has 0 fully saturated rings. The number of hydrogen-bond donors (Lipinski definition) is 1. The number of hydrogen-bond acceptors (Lipinski definition) is 5. The van der Waals surface area contributed by atoms with Gasteiger partial charge in [0.1, 0.15) is 12.1 Å². The molecule has 0 atom stereocenters. The van der Waals surface area contributed by atoms with Gasteiger partial charge in [-0.1, -0.05) is 6.07 Å². The third-order valence-electron chi connectivity index (χ3n) is 4.07. The van der Waals surface area contributed by atoms with Crippen LogP contribution in [0.5, 0.6) is 0 Å². The van der Waals surface area contributed by atoms with Gasteiger partial charge in [-0.25, -0.2) is 24.3 Å². The number of nitrogens with two attached hydrogens (primary N) is 1. The monoisotopic (exact) mass is 331 g/mol. The van der Waals surface area contributed by atoms with Crippen LogP contribution >= 0.6 is 0 Å². The zero-order valence-corrected chi connectivity index (χ0v) is 13.4. The van der Waals surface area contributed by atoms with E-state index in [1.807, 2.05) is 25.1 Å². The number of aromatic nitrogens is 4. The maximum Gasteiger partial charge on any atom is 0.220 e. The Bertz CT molecular complexity index is 1080. The van der Waals surface area contributed by atoms with Crippen LogP contribution in [0.3, 0.4) is 0 Å². The summed E-state index contributed by atoms with van der Waals surface area (Å²) in [5.74, 6) is -0.130. The lowest BCUT2D eigenvalue weighted by molar-refractivity contribution is 0.628. The van der Waals surface area contributed by atoms with E-state index in [9.17, 15) is 4.39 Å². The minimum atomic E-state index is -0.300. The summed E-state index contributed by atoms with van der Waals surface area (Å²) in [6, 6.07) is 12.0. The molecule has 5 nitrogen and oxygen atoms in total. The molecule has 4 aromatic rings. The molecule has 0 saturated heterocycles. The largest absolute Gasteiger partial charge is 0.368 e. The molecule has 0 unspecified atom stereocenters. The molecule has 0 amide bonds. The number of fused-ring (bicyclic) bond motifs is 1. The van der Waals surface area contributed by atoms with E-state index < -0.39 is 0 Å². The van der Waals surface area contributed by atoms with Crippen molar-refractivity contribution in [2.24, 2.45) is 0 Å². The van der Waals surface area contributed by atoms with Gasteiger partial charge in [-0.2, -0.15) is 0 Å². The van der Waals surface area contributed by atoms with Gasteiger partial charge < -0.3 is 5.73 Å². The topological polar surface area (TPSA) is 77.6 Å². The summed E-state index contributed by atoms with van der Waals surface area (Å²) in [4.78, 5) is 17.0. The third kappa shape index (κ3) is 2.78. The first-order chi connectivity index (χ1) is 12.1. The highest BCUT2D eigenvalue weighted by molar-refractivity contribution is 5.89. The van der Waals surface area contributed by atoms with Gasteiger partial charge in [0.25, 0.3) is 0 Å². The molecular formula is C19H14FN5. The van der Waals surface area contributed by atoms with Crippen molar-refractivity contribution in [1.29, 1.82) is 0 Å². The SMILES string of the molecule is Cc1ncnc2ccc(-c3cnc(N)nc3-c3ccc(F)cc3)cc12. The zero-order chi connectivity index (χ0) is 17.4. The van der Waals surface area contributed by atoms with E-state index in [4.69, 9.17) is 5.73 Å². The molecule has 25 heavy (non-hydrogen) atoms. The fourth-order valence-corrected chi connectivity index (χ4v) is 2.79. The van der Waals surface area contributed by atoms with Crippen molar-refractivity contribution >= 4 is 16.9 Å². The minimum absolute atomic E-state index is 0.170.